The lowest BCUT2D eigenvalue weighted by atomic mass is 10.2. The van der Waals surface area contributed by atoms with Crippen molar-refractivity contribution in [3.05, 3.63) is 47.3 Å². The number of carbonyl (C=O) groups excluding carboxylic acids is 1. The molecule has 2 aromatic rings. The molecule has 1 aliphatic rings. The van der Waals surface area contributed by atoms with Crippen LogP contribution >= 0.6 is 0 Å². The van der Waals surface area contributed by atoms with Gasteiger partial charge in [0.05, 0.1) is 10.6 Å². The SMILES string of the molecule is Cc1noc(C)c1CNC(=O)N1CCN(S(=O)(=O)c2ccccc2)CC1. The Bertz CT molecular complexity index is 852. The van der Waals surface area contributed by atoms with Crippen LogP contribution in [0.15, 0.2) is 39.8 Å². The number of hydrogen-bond donors (Lipinski definition) is 1. The van der Waals surface area contributed by atoms with Gasteiger partial charge in [-0.15, -0.1) is 0 Å². The Balaban J connectivity index is 1.56. The average molecular weight is 378 g/mol. The Morgan fingerprint density at radius 1 is 1.15 bits per heavy atom. The molecule has 0 saturated carbocycles. The highest BCUT2D eigenvalue weighted by Crippen LogP contribution is 2.17. The molecule has 26 heavy (non-hydrogen) atoms. The van der Waals surface area contributed by atoms with Crippen LogP contribution in [0, 0.1) is 13.8 Å². The molecule has 9 heteroatoms. The highest BCUT2D eigenvalue weighted by Gasteiger charge is 2.30. The molecule has 0 bridgehead atoms. The monoisotopic (exact) mass is 378 g/mol. The zero-order chi connectivity index (χ0) is 18.7. The summed E-state index contributed by atoms with van der Waals surface area (Å²) in [5.74, 6) is 0.682. The van der Waals surface area contributed by atoms with Gasteiger partial charge >= 0.3 is 6.03 Å². The van der Waals surface area contributed by atoms with Crippen molar-refractivity contribution < 1.29 is 17.7 Å². The lowest BCUT2D eigenvalue weighted by Crippen LogP contribution is -2.52. The first kappa shape index (κ1) is 18.4. The third-order valence-corrected chi connectivity index (χ3v) is 6.42. The van der Waals surface area contributed by atoms with Crippen LogP contribution in [0.5, 0.6) is 0 Å². The molecule has 8 nitrogen and oxygen atoms in total. The zero-order valence-electron chi connectivity index (χ0n) is 14.8. The van der Waals surface area contributed by atoms with Crippen LogP contribution in [-0.4, -0.2) is 55.0 Å². The second-order valence-corrected chi connectivity index (χ2v) is 8.10. The van der Waals surface area contributed by atoms with Crippen LogP contribution in [0.4, 0.5) is 4.79 Å². The summed E-state index contributed by atoms with van der Waals surface area (Å²) in [6.45, 7) is 5.20. The van der Waals surface area contributed by atoms with E-state index in [1.54, 1.807) is 42.2 Å². The molecule has 1 saturated heterocycles. The lowest BCUT2D eigenvalue weighted by molar-refractivity contribution is 0.172. The number of urea groups is 1. The van der Waals surface area contributed by atoms with E-state index in [9.17, 15) is 13.2 Å². The summed E-state index contributed by atoms with van der Waals surface area (Å²) in [5, 5.41) is 6.70. The van der Waals surface area contributed by atoms with E-state index >= 15 is 0 Å². The maximum Gasteiger partial charge on any atom is 0.317 e. The molecule has 1 aromatic heterocycles. The van der Waals surface area contributed by atoms with Gasteiger partial charge in [-0.25, -0.2) is 13.2 Å². The van der Waals surface area contributed by atoms with E-state index in [0.29, 0.717) is 25.4 Å². The predicted molar refractivity (Wildman–Crippen MR) is 95.0 cm³/mol. The Morgan fingerprint density at radius 3 is 2.38 bits per heavy atom. The van der Waals surface area contributed by atoms with Crippen LogP contribution < -0.4 is 5.32 Å². The summed E-state index contributed by atoms with van der Waals surface area (Å²) in [6, 6.07) is 8.12. The minimum absolute atomic E-state index is 0.221. The zero-order valence-corrected chi connectivity index (χ0v) is 15.6. The molecule has 0 unspecified atom stereocenters. The van der Waals surface area contributed by atoms with Gasteiger partial charge in [0, 0.05) is 38.3 Å². The number of sulfonamides is 1. The van der Waals surface area contributed by atoms with Crippen molar-refractivity contribution in [3.63, 3.8) is 0 Å². The molecule has 0 aliphatic carbocycles. The molecule has 3 rings (SSSR count). The van der Waals surface area contributed by atoms with Crippen LogP contribution in [0.3, 0.4) is 0 Å². The van der Waals surface area contributed by atoms with E-state index in [-0.39, 0.29) is 24.0 Å². The van der Waals surface area contributed by atoms with Crippen molar-refractivity contribution in [1.82, 2.24) is 19.7 Å². The van der Waals surface area contributed by atoms with Gasteiger partial charge in [-0.05, 0) is 26.0 Å². The standard InChI is InChI=1S/C17H22N4O4S/c1-13-16(14(2)25-19-13)12-18-17(22)20-8-10-21(11-9-20)26(23,24)15-6-4-3-5-7-15/h3-7H,8-12H2,1-2H3,(H,18,22). The minimum atomic E-state index is -3.52. The van der Waals surface area contributed by atoms with E-state index in [1.807, 2.05) is 6.92 Å². The predicted octanol–water partition coefficient (Wildman–Crippen LogP) is 1.51. The third-order valence-electron chi connectivity index (χ3n) is 4.50. The van der Waals surface area contributed by atoms with Crippen molar-refractivity contribution >= 4 is 16.1 Å². The minimum Gasteiger partial charge on any atom is -0.361 e. The van der Waals surface area contributed by atoms with Gasteiger partial charge in [0.15, 0.2) is 0 Å². The lowest BCUT2D eigenvalue weighted by Gasteiger charge is -2.34. The van der Waals surface area contributed by atoms with Crippen LogP contribution in [0.25, 0.3) is 0 Å². The molecule has 0 spiro atoms. The third kappa shape index (κ3) is 3.73. The molecular weight excluding hydrogens is 356 g/mol. The second kappa shape index (κ2) is 7.46. The quantitative estimate of drug-likeness (QED) is 0.870. The fraction of sp³-hybridized carbons (Fsp3) is 0.412. The molecule has 0 radical (unpaired) electrons. The molecule has 0 atom stereocenters. The van der Waals surface area contributed by atoms with Crippen molar-refractivity contribution in [2.75, 3.05) is 26.2 Å². The molecular formula is C17H22N4O4S. The summed E-state index contributed by atoms with van der Waals surface area (Å²) in [6.07, 6.45) is 0. The first-order valence-corrected chi connectivity index (χ1v) is 9.83. The Morgan fingerprint density at radius 2 is 1.81 bits per heavy atom. The number of benzene rings is 1. The smallest absolute Gasteiger partial charge is 0.317 e. The fourth-order valence-corrected chi connectivity index (χ4v) is 4.35. The number of amides is 2. The van der Waals surface area contributed by atoms with Gasteiger partial charge in [-0.1, -0.05) is 23.4 Å². The Labute approximate surface area is 152 Å². The maximum absolute atomic E-state index is 12.6. The van der Waals surface area contributed by atoms with Gasteiger partial charge in [0.2, 0.25) is 10.0 Å². The number of nitrogens with zero attached hydrogens (tertiary/aromatic N) is 3. The van der Waals surface area contributed by atoms with Crippen LogP contribution in [0.1, 0.15) is 17.0 Å². The average Bonchev–Trinajstić information content (AvgIpc) is 2.98. The van der Waals surface area contributed by atoms with Gasteiger partial charge < -0.3 is 14.7 Å². The van der Waals surface area contributed by atoms with E-state index < -0.39 is 10.0 Å². The number of nitrogens with one attached hydrogen (secondary N) is 1. The van der Waals surface area contributed by atoms with Gasteiger partial charge in [-0.2, -0.15) is 4.31 Å². The maximum atomic E-state index is 12.6. The Hall–Kier alpha value is -2.39. The summed E-state index contributed by atoms with van der Waals surface area (Å²) in [7, 11) is -3.52. The number of aryl methyl sites for hydroxylation is 2. The number of rotatable bonds is 4. The Kier molecular flexibility index (Phi) is 5.28. The second-order valence-electron chi connectivity index (χ2n) is 6.17. The largest absolute Gasteiger partial charge is 0.361 e. The van der Waals surface area contributed by atoms with Crippen molar-refractivity contribution in [1.29, 1.82) is 0 Å². The molecule has 140 valence electrons. The van der Waals surface area contributed by atoms with Gasteiger partial charge in [0.1, 0.15) is 5.76 Å². The number of aromatic nitrogens is 1. The van der Waals surface area contributed by atoms with Gasteiger partial charge in [0.25, 0.3) is 0 Å². The van der Waals surface area contributed by atoms with E-state index in [2.05, 4.69) is 10.5 Å². The van der Waals surface area contributed by atoms with E-state index in [1.165, 1.54) is 4.31 Å². The summed E-state index contributed by atoms with van der Waals surface area (Å²) in [4.78, 5) is 14.2. The summed E-state index contributed by atoms with van der Waals surface area (Å²) < 4.78 is 31.7. The molecule has 1 aliphatic heterocycles. The highest BCUT2D eigenvalue weighted by atomic mass is 32.2. The number of carbonyl (C=O) groups is 1. The number of hydrogen-bond acceptors (Lipinski definition) is 5. The molecule has 2 amide bonds. The van der Waals surface area contributed by atoms with Gasteiger partial charge in [-0.3, -0.25) is 0 Å². The molecule has 1 N–H and O–H groups in total. The van der Waals surface area contributed by atoms with E-state index in [4.69, 9.17) is 4.52 Å². The first-order valence-electron chi connectivity index (χ1n) is 8.39. The molecule has 2 heterocycles. The summed E-state index contributed by atoms with van der Waals surface area (Å²) in [5.41, 5.74) is 1.62. The molecule has 1 aromatic carbocycles. The number of piperazine rings is 1. The van der Waals surface area contributed by atoms with Crippen LogP contribution in [-0.2, 0) is 16.6 Å². The van der Waals surface area contributed by atoms with Crippen molar-refractivity contribution in [2.45, 2.75) is 25.3 Å². The fourth-order valence-electron chi connectivity index (χ4n) is 2.90. The molecule has 1 fully saturated rings. The topological polar surface area (TPSA) is 95.8 Å². The first-order chi connectivity index (χ1) is 12.4. The van der Waals surface area contributed by atoms with Crippen LogP contribution in [0.2, 0.25) is 0 Å². The van der Waals surface area contributed by atoms with Crippen molar-refractivity contribution in [2.24, 2.45) is 0 Å². The van der Waals surface area contributed by atoms with E-state index in [0.717, 1.165) is 11.3 Å². The van der Waals surface area contributed by atoms with Crippen molar-refractivity contribution in [3.8, 4) is 0 Å². The highest BCUT2D eigenvalue weighted by molar-refractivity contribution is 7.89. The summed E-state index contributed by atoms with van der Waals surface area (Å²) >= 11 is 0. The normalized spacial score (nSPS) is 15.8.